The smallest absolute Gasteiger partial charge is 0.308 e. The van der Waals surface area contributed by atoms with Crippen molar-refractivity contribution in [1.82, 2.24) is 24.1 Å². The number of alkyl halides is 24. The monoisotopic (exact) mass is 1510 g/mol. The minimum absolute atomic E-state index is 0.0678. The zero-order valence-electron chi connectivity index (χ0n) is 53.5. The van der Waals surface area contributed by atoms with Gasteiger partial charge in [-0.05, 0) is 154 Å². The minimum Gasteiger partial charge on any atom is -0.308 e. The fraction of sp³-hybridized carbons (Fsp3) is 0.103. The zero-order chi connectivity index (χ0) is 77.5. The number of halogens is 24. The molecule has 30 heteroatoms. The summed E-state index contributed by atoms with van der Waals surface area (Å²) < 4.78 is 353. The predicted molar refractivity (Wildman–Crippen MR) is 351 cm³/mol. The van der Waals surface area contributed by atoms with E-state index >= 15 is 52.7 Å². The molecule has 0 radical (unpaired) electrons. The first-order valence-electron chi connectivity index (χ1n) is 31.3. The molecule has 0 fully saturated rings. The van der Waals surface area contributed by atoms with Crippen LogP contribution in [0.25, 0.3) is 134 Å². The van der Waals surface area contributed by atoms with E-state index in [0.717, 1.165) is 72.8 Å². The molecule has 0 saturated carbocycles. The minimum atomic E-state index is -5.50. The molecule has 14 rings (SSSR count). The quantitative estimate of drug-likeness (QED) is 0.135. The van der Waals surface area contributed by atoms with Crippen LogP contribution in [0.5, 0.6) is 0 Å². The molecular weight excluding hydrogens is 1480 g/mol. The van der Waals surface area contributed by atoms with E-state index in [0.29, 0.717) is 59.7 Å². The normalized spacial score (nSPS) is 13.0. The molecule has 0 bridgehead atoms. The highest BCUT2D eigenvalue weighted by atomic mass is 19.4. The van der Waals surface area contributed by atoms with Crippen LogP contribution in [0.4, 0.5) is 105 Å². The molecule has 108 heavy (non-hydrogen) atoms. The lowest BCUT2D eigenvalue weighted by Crippen LogP contribution is -2.12. The molecule has 0 spiro atoms. The van der Waals surface area contributed by atoms with Gasteiger partial charge in [0.05, 0.1) is 83.5 Å². The van der Waals surface area contributed by atoms with E-state index in [2.05, 4.69) is 6.07 Å². The highest BCUT2D eigenvalue weighted by molar-refractivity contribution is 6.14. The number of nitrogens with zero attached hydrogens (tertiary/aromatic N) is 6. The molecule has 0 N–H and O–H groups in total. The molecule has 11 aromatic carbocycles. The van der Waals surface area contributed by atoms with Gasteiger partial charge in [0, 0.05) is 38.2 Å². The molecule has 0 amide bonds. The lowest BCUT2D eigenvalue weighted by Gasteiger charge is -2.19. The molecule has 6 nitrogen and oxygen atoms in total. The molecule has 0 atom stereocenters. The van der Waals surface area contributed by atoms with Crippen LogP contribution in [0.1, 0.15) is 50.1 Å². The van der Waals surface area contributed by atoms with Crippen molar-refractivity contribution in [3.63, 3.8) is 0 Å². The van der Waals surface area contributed by atoms with Crippen molar-refractivity contribution in [3.05, 3.63) is 268 Å². The third kappa shape index (κ3) is 13.4. The Balaban J connectivity index is 1.12. The van der Waals surface area contributed by atoms with E-state index in [1.165, 1.54) is 21.3 Å². The molecule has 14 aromatic rings. The number of hydrogen-bond acceptors (Lipinski definition) is 4. The van der Waals surface area contributed by atoms with E-state index in [4.69, 9.17) is 15.0 Å². The topological polar surface area (TPSA) is 72.3 Å². The van der Waals surface area contributed by atoms with E-state index in [1.807, 2.05) is 0 Å². The summed E-state index contributed by atoms with van der Waals surface area (Å²) in [5.41, 5.74) is -20.4. The van der Waals surface area contributed by atoms with E-state index in [-0.39, 0.29) is 102 Å². The third-order valence-electron chi connectivity index (χ3n) is 18.0. The maximum absolute atomic E-state index is 15.1. The van der Waals surface area contributed by atoms with E-state index < -0.39 is 144 Å². The molecule has 0 aliphatic carbocycles. The van der Waals surface area contributed by atoms with Crippen molar-refractivity contribution in [3.8, 4) is 96.1 Å². The molecule has 0 aliphatic heterocycles. The average Bonchev–Trinajstić information content (AvgIpc) is 1.55. The zero-order valence-corrected chi connectivity index (χ0v) is 53.5. The van der Waals surface area contributed by atoms with Crippen LogP contribution >= 0.6 is 0 Å². The average molecular weight is 1510 g/mol. The number of aromatic nitrogens is 5. The molecule has 3 aromatic heterocycles. The molecule has 0 unspecified atom stereocenters. The summed E-state index contributed by atoms with van der Waals surface area (Å²) in [6, 6.07) is 36.4. The number of fused-ring (bicyclic) bond motifs is 6. The van der Waals surface area contributed by atoms with Gasteiger partial charge in [-0.3, -0.25) is 0 Å². The van der Waals surface area contributed by atoms with Gasteiger partial charge in [0.2, 0.25) is 0 Å². The Morgan fingerprint density at radius 2 is 0.509 bits per heavy atom. The van der Waals surface area contributed by atoms with Crippen molar-refractivity contribution in [2.45, 2.75) is 49.4 Å². The van der Waals surface area contributed by atoms with Gasteiger partial charge in [0.15, 0.2) is 17.5 Å². The molecule has 0 aliphatic rings. The lowest BCUT2D eigenvalue weighted by molar-refractivity contribution is -0.144. The second-order valence-corrected chi connectivity index (χ2v) is 24.7. The van der Waals surface area contributed by atoms with Gasteiger partial charge in [0.1, 0.15) is 6.07 Å². The maximum atomic E-state index is 15.1. The van der Waals surface area contributed by atoms with Gasteiger partial charge in [-0.2, -0.15) is 111 Å². The number of benzene rings is 11. The molecular formula is C78H36F24N6. The summed E-state index contributed by atoms with van der Waals surface area (Å²) in [5.74, 6) is -0.469. The first-order chi connectivity index (χ1) is 50.5. The second-order valence-electron chi connectivity index (χ2n) is 24.7. The highest BCUT2D eigenvalue weighted by Gasteiger charge is 2.43. The van der Waals surface area contributed by atoms with Crippen LogP contribution in [0.3, 0.4) is 0 Å². The van der Waals surface area contributed by atoms with Gasteiger partial charge >= 0.3 is 49.4 Å². The van der Waals surface area contributed by atoms with E-state index in [9.17, 15) is 57.9 Å². The maximum Gasteiger partial charge on any atom is 0.417 e. The van der Waals surface area contributed by atoms with Gasteiger partial charge in [0.25, 0.3) is 0 Å². The second kappa shape index (κ2) is 25.5. The molecule has 546 valence electrons. The summed E-state index contributed by atoms with van der Waals surface area (Å²) in [6.45, 7) is 0. The van der Waals surface area contributed by atoms with Crippen molar-refractivity contribution in [2.75, 3.05) is 0 Å². The Kier molecular flexibility index (Phi) is 17.2. The van der Waals surface area contributed by atoms with Crippen molar-refractivity contribution in [1.29, 1.82) is 5.26 Å². The Morgan fingerprint density at radius 3 is 0.769 bits per heavy atom. The van der Waals surface area contributed by atoms with Crippen molar-refractivity contribution < 1.29 is 105 Å². The summed E-state index contributed by atoms with van der Waals surface area (Å²) in [6.07, 6.45) is -43.2. The van der Waals surface area contributed by atoms with Gasteiger partial charge < -0.3 is 9.13 Å². The van der Waals surface area contributed by atoms with Crippen LogP contribution in [-0.4, -0.2) is 24.1 Å². The van der Waals surface area contributed by atoms with Crippen LogP contribution in [0.2, 0.25) is 0 Å². The Bertz CT molecular complexity index is 5680. The lowest BCUT2D eigenvalue weighted by atomic mass is 9.94. The van der Waals surface area contributed by atoms with Gasteiger partial charge in [-0.1, -0.05) is 109 Å². The van der Waals surface area contributed by atoms with Gasteiger partial charge in [-0.15, -0.1) is 0 Å². The summed E-state index contributed by atoms with van der Waals surface area (Å²) in [4.78, 5) is 14.6. The number of nitriles is 1. The predicted octanol–water partition coefficient (Wildman–Crippen LogP) is 25.8. The first kappa shape index (κ1) is 72.8. The van der Waals surface area contributed by atoms with Crippen molar-refractivity contribution in [2.24, 2.45) is 0 Å². The van der Waals surface area contributed by atoms with Crippen molar-refractivity contribution >= 4 is 43.6 Å². The van der Waals surface area contributed by atoms with Gasteiger partial charge in [-0.25, -0.2) is 15.0 Å². The summed E-state index contributed by atoms with van der Waals surface area (Å²) >= 11 is 0. The third-order valence-corrected chi connectivity index (χ3v) is 18.0. The fourth-order valence-electron chi connectivity index (χ4n) is 13.2. The summed E-state index contributed by atoms with van der Waals surface area (Å²) in [7, 11) is 0. The SMILES string of the molecule is N#Cc1cc(-n2c3ccc(-c4ccc(C(F)(F)F)cc4C(F)(F)F)cc3c3cc(-c4ccc(C(F)(F)F)cc4C(F)(F)F)ccc32)c(-c2nc(-c3ccccc3)nc(-c3ccccc3)n2)cc1-n1c2ccc(-c3ccc(C(F)(F)F)cc3C(F)(F)F)cc2c2cc(-c3ccc(C(F)(F)F)cc3C(F)(F)F)ccc21. The fourth-order valence-corrected chi connectivity index (χ4v) is 13.2. The standard InChI is InChI=1S/C78H36F24N6/c79-71(80,81)45-15-19-49(58(32-45)75(91,92)93)40-11-23-62-53(27-40)54-28-41(50-20-16-46(72(82,83)84)33-59(50)76(94,95)96)12-24-63(54)107(62)66-36-57(70-105-68(38-7-3-1-4-8-38)104-69(106-70)39-9-5-2-6-10-39)67(31-44(66)37-103)108-64-25-13-42(51-21-17-47(73(85,86)87)34-60(51)77(97,98)99)29-55(64)56-30-43(14-26-65(56)108)52-22-18-48(74(88,89)90)35-61(52)78(100,101)102/h1-36H. The Morgan fingerprint density at radius 1 is 0.241 bits per heavy atom. The number of hydrogen-bond donors (Lipinski definition) is 0. The molecule has 0 saturated heterocycles. The Hall–Kier alpha value is -12.2. The highest BCUT2D eigenvalue weighted by Crippen LogP contribution is 2.51. The largest absolute Gasteiger partial charge is 0.417 e. The van der Waals surface area contributed by atoms with Crippen LogP contribution in [-0.2, 0) is 49.4 Å². The first-order valence-corrected chi connectivity index (χ1v) is 31.3. The van der Waals surface area contributed by atoms with Crippen LogP contribution in [0.15, 0.2) is 218 Å². The van der Waals surface area contributed by atoms with Crippen LogP contribution in [0, 0.1) is 11.3 Å². The number of rotatable bonds is 9. The van der Waals surface area contributed by atoms with E-state index in [1.54, 1.807) is 60.7 Å². The van der Waals surface area contributed by atoms with Crippen LogP contribution < -0.4 is 0 Å². The summed E-state index contributed by atoms with van der Waals surface area (Å²) in [5, 5.41) is 10.8. The Labute approximate surface area is 590 Å². The molecule has 3 heterocycles.